The van der Waals surface area contributed by atoms with Crippen LogP contribution in [0.5, 0.6) is 0 Å². The fraction of sp³-hybridized carbons (Fsp3) is 0.429. The first-order valence-corrected chi connectivity index (χ1v) is 5.74. The van der Waals surface area contributed by atoms with Crippen molar-refractivity contribution in [2.75, 3.05) is 0 Å². The molecule has 2 heteroatoms. The number of aryl methyl sites for hydroxylation is 1. The predicted octanol–water partition coefficient (Wildman–Crippen LogP) is 5.10. The van der Waals surface area contributed by atoms with E-state index in [1.807, 2.05) is 39.0 Å². The molecule has 0 amide bonds. The van der Waals surface area contributed by atoms with Crippen LogP contribution in [0.25, 0.3) is 0 Å². The average Bonchev–Trinajstić information content (AvgIpc) is 2.32. The number of rotatable bonds is 2. The van der Waals surface area contributed by atoms with Gasteiger partial charge in [0.05, 0.1) is 11.4 Å². The highest BCUT2D eigenvalue weighted by Gasteiger charge is 1.99. The normalized spacial score (nSPS) is 7.81. The maximum Gasteiger partial charge on any atom is 0.0907 e. The lowest BCUT2D eigenvalue weighted by atomic mass is 10.2. The number of hydrogen-bond acceptors (Lipinski definition) is 2. The fourth-order valence-corrected chi connectivity index (χ4v) is 0.977. The minimum absolute atomic E-state index is 0.792. The van der Waals surface area contributed by atoms with Gasteiger partial charge in [0, 0.05) is 0 Å². The van der Waals surface area contributed by atoms with Gasteiger partial charge in [-0.1, -0.05) is 46.2 Å². The molecule has 0 aliphatic heterocycles. The Labute approximate surface area is 100 Å². The minimum Gasteiger partial charge on any atom is -0.262 e. The zero-order valence-electron chi connectivity index (χ0n) is 11.2. The van der Waals surface area contributed by atoms with Crippen LogP contribution in [-0.4, -0.2) is 13.4 Å². The quantitative estimate of drug-likeness (QED) is 0.619. The summed E-state index contributed by atoms with van der Waals surface area (Å²) in [5, 5.41) is 0. The van der Waals surface area contributed by atoms with Crippen LogP contribution in [0.2, 0.25) is 0 Å². The minimum atomic E-state index is 0.792. The molecule has 0 aromatic heterocycles. The van der Waals surface area contributed by atoms with E-state index in [4.69, 9.17) is 0 Å². The van der Waals surface area contributed by atoms with Gasteiger partial charge in [-0.15, -0.1) is 0 Å². The second kappa shape index (κ2) is 11.6. The third-order valence-corrected chi connectivity index (χ3v) is 1.54. The molecule has 0 saturated heterocycles. The highest BCUT2D eigenvalue weighted by molar-refractivity contribution is 5.69. The van der Waals surface area contributed by atoms with Gasteiger partial charge in [-0.2, -0.15) is 0 Å². The van der Waals surface area contributed by atoms with Gasteiger partial charge >= 0.3 is 0 Å². The lowest BCUT2D eigenvalue weighted by Crippen LogP contribution is -1.73. The van der Waals surface area contributed by atoms with Gasteiger partial charge < -0.3 is 0 Å². The van der Waals surface area contributed by atoms with E-state index >= 15 is 0 Å². The van der Waals surface area contributed by atoms with Gasteiger partial charge in [0.1, 0.15) is 0 Å². The predicted molar refractivity (Wildman–Crippen MR) is 76.9 cm³/mol. The third kappa shape index (κ3) is 6.12. The monoisotopic (exact) mass is 220 g/mol. The topological polar surface area (TPSA) is 24.7 Å². The summed E-state index contributed by atoms with van der Waals surface area (Å²) in [6, 6.07) is 5.76. The van der Waals surface area contributed by atoms with Crippen LogP contribution in [-0.2, 0) is 0 Å². The molecule has 0 atom stereocenters. The van der Waals surface area contributed by atoms with E-state index in [1.165, 1.54) is 6.42 Å². The van der Waals surface area contributed by atoms with Crippen molar-refractivity contribution in [1.82, 2.24) is 0 Å². The highest BCUT2D eigenvalue weighted by atomic mass is 14.8. The number of aliphatic imine (C=N–C) groups is 2. The second-order valence-corrected chi connectivity index (χ2v) is 2.97. The number of nitrogens with zero attached hydrogens (tertiary/aromatic N) is 2. The number of benzene rings is 1. The number of para-hydroxylation sites is 1. The smallest absolute Gasteiger partial charge is 0.0907 e. The van der Waals surface area contributed by atoms with Crippen molar-refractivity contribution in [2.45, 2.75) is 41.0 Å². The lowest BCUT2D eigenvalue weighted by Gasteiger charge is -2.01. The van der Waals surface area contributed by atoms with Crippen LogP contribution < -0.4 is 0 Å². The van der Waals surface area contributed by atoms with Crippen LogP contribution in [0.15, 0.2) is 28.2 Å². The molecule has 0 unspecified atom stereocenters. The van der Waals surface area contributed by atoms with E-state index in [0.717, 1.165) is 16.9 Å². The van der Waals surface area contributed by atoms with Crippen LogP contribution in [0.1, 0.15) is 39.7 Å². The van der Waals surface area contributed by atoms with Crippen molar-refractivity contribution in [3.8, 4) is 0 Å². The molecule has 1 aromatic rings. The summed E-state index contributed by atoms with van der Waals surface area (Å²) >= 11 is 0. The van der Waals surface area contributed by atoms with E-state index in [0.29, 0.717) is 0 Å². The Morgan fingerprint density at radius 2 is 1.56 bits per heavy atom. The molecule has 0 heterocycles. The summed E-state index contributed by atoms with van der Waals surface area (Å²) in [5.74, 6) is 0. The van der Waals surface area contributed by atoms with Gasteiger partial charge in [0.25, 0.3) is 0 Å². The Balaban J connectivity index is 0. The Hall–Kier alpha value is -1.44. The average molecular weight is 220 g/mol. The zero-order valence-corrected chi connectivity index (χ0v) is 11.2. The molecular formula is C14H24N2. The Morgan fingerprint density at radius 3 is 1.88 bits per heavy atom. The molecule has 2 nitrogen and oxygen atoms in total. The molecule has 0 bridgehead atoms. The molecule has 0 N–H and O–H groups in total. The van der Waals surface area contributed by atoms with Gasteiger partial charge in [0.2, 0.25) is 0 Å². The SMILES string of the molecule is C=Nc1cccc(C)c1N=C.CC.CCC. The highest BCUT2D eigenvalue weighted by Crippen LogP contribution is 2.29. The van der Waals surface area contributed by atoms with E-state index in [9.17, 15) is 0 Å². The van der Waals surface area contributed by atoms with E-state index < -0.39 is 0 Å². The maximum absolute atomic E-state index is 3.86. The second-order valence-electron chi connectivity index (χ2n) is 2.97. The van der Waals surface area contributed by atoms with Gasteiger partial charge in [-0.05, 0) is 32.0 Å². The standard InChI is InChI=1S/C9H10N2.C3H8.C2H6/c1-7-5-4-6-8(10-2)9(7)11-3;1-3-2;1-2/h4-6H,2-3H2,1H3;3H2,1-2H3;1-2H3. The summed E-state index contributed by atoms with van der Waals surface area (Å²) in [7, 11) is 0. The summed E-state index contributed by atoms with van der Waals surface area (Å²) in [6.07, 6.45) is 1.25. The molecule has 90 valence electrons. The first-order chi connectivity index (χ1) is 7.71. The maximum atomic E-state index is 3.86. The van der Waals surface area contributed by atoms with Gasteiger partial charge in [-0.3, -0.25) is 9.98 Å². The molecule has 0 aliphatic rings. The molecular weight excluding hydrogens is 196 g/mol. The van der Waals surface area contributed by atoms with Crippen LogP contribution in [0, 0.1) is 6.92 Å². The molecule has 0 radical (unpaired) electrons. The van der Waals surface area contributed by atoms with Gasteiger partial charge in [0.15, 0.2) is 0 Å². The van der Waals surface area contributed by atoms with Gasteiger partial charge in [-0.25, -0.2) is 0 Å². The summed E-state index contributed by atoms with van der Waals surface area (Å²) in [5.41, 5.74) is 2.69. The van der Waals surface area contributed by atoms with E-state index in [2.05, 4.69) is 37.3 Å². The largest absolute Gasteiger partial charge is 0.262 e. The van der Waals surface area contributed by atoms with Crippen molar-refractivity contribution in [1.29, 1.82) is 0 Å². The Bertz CT molecular complexity index is 304. The Morgan fingerprint density at radius 1 is 1.06 bits per heavy atom. The first-order valence-electron chi connectivity index (χ1n) is 5.74. The van der Waals surface area contributed by atoms with Crippen molar-refractivity contribution < 1.29 is 0 Å². The summed E-state index contributed by atoms with van der Waals surface area (Å²) in [4.78, 5) is 7.68. The molecule has 0 spiro atoms. The van der Waals surface area contributed by atoms with Crippen LogP contribution in [0.3, 0.4) is 0 Å². The van der Waals surface area contributed by atoms with Crippen LogP contribution in [0.4, 0.5) is 11.4 Å². The summed E-state index contributed by atoms with van der Waals surface area (Å²) < 4.78 is 0. The number of hydrogen-bond donors (Lipinski definition) is 0. The molecule has 0 aliphatic carbocycles. The first kappa shape index (κ1) is 17.0. The van der Waals surface area contributed by atoms with Crippen molar-refractivity contribution in [3.63, 3.8) is 0 Å². The molecule has 0 saturated carbocycles. The van der Waals surface area contributed by atoms with Crippen molar-refractivity contribution in [3.05, 3.63) is 23.8 Å². The molecule has 16 heavy (non-hydrogen) atoms. The molecule has 1 rings (SSSR count). The molecule has 0 fully saturated rings. The fourth-order valence-electron chi connectivity index (χ4n) is 0.977. The molecule has 1 aromatic carbocycles. The zero-order chi connectivity index (χ0) is 13.0. The van der Waals surface area contributed by atoms with Crippen molar-refractivity contribution in [2.24, 2.45) is 9.98 Å². The summed E-state index contributed by atoms with van der Waals surface area (Å²) in [6.45, 7) is 17.1. The van der Waals surface area contributed by atoms with Crippen LogP contribution >= 0.6 is 0 Å². The lowest BCUT2D eigenvalue weighted by molar-refractivity contribution is 1.09. The van der Waals surface area contributed by atoms with E-state index in [1.54, 1.807) is 0 Å². The van der Waals surface area contributed by atoms with Crippen molar-refractivity contribution >= 4 is 24.8 Å². The van der Waals surface area contributed by atoms with E-state index in [-0.39, 0.29) is 0 Å². The third-order valence-electron chi connectivity index (χ3n) is 1.54. The Kier molecular flexibility index (Phi) is 12.3.